The number of nitrogens with one attached hydrogen (secondary N) is 2. The van der Waals surface area contributed by atoms with Crippen molar-refractivity contribution in [2.45, 2.75) is 45.2 Å². The second-order valence-corrected chi connectivity index (χ2v) is 9.14. The Morgan fingerprint density at radius 2 is 1.89 bits per heavy atom. The Balaban J connectivity index is 1.49. The number of amides is 4. The van der Waals surface area contributed by atoms with Crippen LogP contribution in [0.4, 0.5) is 5.69 Å². The number of aromatic nitrogens is 2. The molecule has 3 aromatic rings. The molecule has 1 saturated heterocycles. The number of benzene rings is 2. The van der Waals surface area contributed by atoms with E-state index in [1.807, 2.05) is 30.3 Å². The number of piperidine rings is 1. The van der Waals surface area contributed by atoms with Gasteiger partial charge < -0.3 is 10.2 Å². The fourth-order valence-electron chi connectivity index (χ4n) is 5.04. The number of hydrogen-bond acceptors (Lipinski definition) is 6. The van der Waals surface area contributed by atoms with E-state index in [4.69, 9.17) is 0 Å². The predicted octanol–water partition coefficient (Wildman–Crippen LogP) is 2.59. The maximum Gasteiger partial charge on any atom is 0.264 e. The van der Waals surface area contributed by atoms with E-state index in [0.717, 1.165) is 11.1 Å². The van der Waals surface area contributed by atoms with Gasteiger partial charge in [-0.1, -0.05) is 30.3 Å². The van der Waals surface area contributed by atoms with Gasteiger partial charge in [0.15, 0.2) is 0 Å². The maximum atomic E-state index is 13.6. The number of nitrogens with zero attached hydrogens (tertiary/aromatic N) is 3. The van der Waals surface area contributed by atoms with Crippen molar-refractivity contribution in [1.82, 2.24) is 19.8 Å². The summed E-state index contributed by atoms with van der Waals surface area (Å²) in [6.07, 6.45) is 3.77. The number of carbonyl (C=O) groups is 4. The number of fused-ring (bicyclic) bond motifs is 2. The zero-order valence-corrected chi connectivity index (χ0v) is 20.4. The van der Waals surface area contributed by atoms with Crippen LogP contribution in [0.5, 0.6) is 0 Å². The third-order valence-corrected chi connectivity index (χ3v) is 6.75. The molecule has 1 aromatic heterocycles. The van der Waals surface area contributed by atoms with Gasteiger partial charge >= 0.3 is 0 Å². The van der Waals surface area contributed by atoms with E-state index in [2.05, 4.69) is 15.6 Å². The second-order valence-electron chi connectivity index (χ2n) is 9.14. The first kappa shape index (κ1) is 24.1. The SMILES string of the molecule is CC(=O)N1C=Cc2ccccc2C1CC(=O)Nc1cccc2nc(C)n(C3CCC(=O)NC3=O)c(=O)c12. The average Bonchev–Trinajstić information content (AvgIpc) is 2.85. The van der Waals surface area contributed by atoms with Gasteiger partial charge in [-0.3, -0.25) is 33.9 Å². The summed E-state index contributed by atoms with van der Waals surface area (Å²) in [5.74, 6) is -1.19. The minimum Gasteiger partial charge on any atom is -0.325 e. The first-order chi connectivity index (χ1) is 17.7. The van der Waals surface area contributed by atoms with Gasteiger partial charge in [-0.15, -0.1) is 0 Å². The molecule has 2 aromatic carbocycles. The van der Waals surface area contributed by atoms with E-state index in [0.29, 0.717) is 11.3 Å². The van der Waals surface area contributed by atoms with Crippen LogP contribution in [-0.4, -0.2) is 38.1 Å². The van der Waals surface area contributed by atoms with Crippen LogP contribution in [0.2, 0.25) is 0 Å². The third kappa shape index (κ3) is 4.42. The lowest BCUT2D eigenvalue weighted by molar-refractivity contribution is -0.136. The number of hydrogen-bond donors (Lipinski definition) is 2. The first-order valence-corrected chi connectivity index (χ1v) is 12.0. The van der Waals surface area contributed by atoms with Crippen LogP contribution in [0.15, 0.2) is 53.5 Å². The van der Waals surface area contributed by atoms with Crippen LogP contribution in [0, 0.1) is 6.92 Å². The Kier molecular flexibility index (Phi) is 6.16. The fourth-order valence-corrected chi connectivity index (χ4v) is 5.04. The molecule has 0 bridgehead atoms. The Morgan fingerprint density at radius 3 is 2.65 bits per heavy atom. The number of anilines is 1. The smallest absolute Gasteiger partial charge is 0.264 e. The Labute approximate surface area is 212 Å². The number of carbonyl (C=O) groups excluding carboxylic acids is 4. The van der Waals surface area contributed by atoms with Crippen LogP contribution in [0.3, 0.4) is 0 Å². The summed E-state index contributed by atoms with van der Waals surface area (Å²) < 4.78 is 1.28. The van der Waals surface area contributed by atoms with Crippen molar-refractivity contribution in [2.24, 2.45) is 0 Å². The lowest BCUT2D eigenvalue weighted by Gasteiger charge is -2.32. The maximum absolute atomic E-state index is 13.6. The van der Waals surface area contributed by atoms with Crippen LogP contribution in [-0.2, 0) is 19.2 Å². The molecule has 0 aliphatic carbocycles. The predicted molar refractivity (Wildman–Crippen MR) is 136 cm³/mol. The lowest BCUT2D eigenvalue weighted by atomic mass is 9.93. The second kappa shape index (κ2) is 9.45. The van der Waals surface area contributed by atoms with Crippen LogP contribution in [0.1, 0.15) is 55.2 Å². The number of imide groups is 1. The van der Waals surface area contributed by atoms with Gasteiger partial charge in [0, 0.05) is 19.5 Å². The van der Waals surface area contributed by atoms with E-state index in [-0.39, 0.29) is 48.1 Å². The van der Waals surface area contributed by atoms with Crippen LogP contribution >= 0.6 is 0 Å². The molecular weight excluding hydrogens is 474 g/mol. The highest BCUT2D eigenvalue weighted by Gasteiger charge is 2.31. The largest absolute Gasteiger partial charge is 0.325 e. The van der Waals surface area contributed by atoms with Gasteiger partial charge in [0.2, 0.25) is 23.6 Å². The summed E-state index contributed by atoms with van der Waals surface area (Å²) in [4.78, 5) is 69.3. The van der Waals surface area contributed by atoms with E-state index in [1.54, 1.807) is 31.3 Å². The fraction of sp³-hybridized carbons (Fsp3) is 0.259. The van der Waals surface area contributed by atoms with E-state index in [9.17, 15) is 24.0 Å². The quantitative estimate of drug-likeness (QED) is 0.531. The highest BCUT2D eigenvalue weighted by Crippen LogP contribution is 2.33. The molecule has 3 heterocycles. The topological polar surface area (TPSA) is 130 Å². The third-order valence-electron chi connectivity index (χ3n) is 6.75. The summed E-state index contributed by atoms with van der Waals surface area (Å²) in [7, 11) is 0. The number of rotatable bonds is 4. The molecule has 0 spiro atoms. The molecule has 2 aliphatic heterocycles. The van der Waals surface area contributed by atoms with Crippen LogP contribution < -0.4 is 16.2 Å². The van der Waals surface area contributed by atoms with Crippen LogP contribution in [0.25, 0.3) is 17.0 Å². The van der Waals surface area contributed by atoms with Crippen molar-refractivity contribution in [1.29, 1.82) is 0 Å². The standard InChI is InChI=1S/C27H25N5O5/c1-15-28-19-8-5-9-20(25(19)27(37)32(15)21-10-11-23(34)30-26(21)36)29-24(35)14-22-18-7-4-3-6-17(18)12-13-31(22)16(2)33/h3-9,12-13,21-22H,10-11,14H2,1-2H3,(H,29,35)(H,30,34,36). The Morgan fingerprint density at radius 1 is 1.11 bits per heavy atom. The molecule has 0 radical (unpaired) electrons. The molecule has 10 heteroatoms. The molecular formula is C27H25N5O5. The molecule has 5 rings (SSSR count). The Bertz CT molecular complexity index is 1560. The molecule has 2 atom stereocenters. The summed E-state index contributed by atoms with van der Waals surface area (Å²) in [5.41, 5.74) is 1.93. The van der Waals surface area contributed by atoms with E-state index < -0.39 is 23.6 Å². The van der Waals surface area contributed by atoms with E-state index in [1.165, 1.54) is 16.4 Å². The Hall–Kier alpha value is -4.60. The molecule has 188 valence electrons. The normalized spacial score (nSPS) is 18.9. The minimum atomic E-state index is -0.875. The zero-order chi connectivity index (χ0) is 26.3. The molecule has 2 unspecified atom stereocenters. The summed E-state index contributed by atoms with van der Waals surface area (Å²) in [6, 6.07) is 11.1. The van der Waals surface area contributed by atoms with Crippen molar-refractivity contribution in [3.8, 4) is 0 Å². The van der Waals surface area contributed by atoms with Crippen molar-refractivity contribution < 1.29 is 19.2 Å². The molecule has 37 heavy (non-hydrogen) atoms. The first-order valence-electron chi connectivity index (χ1n) is 12.0. The van der Waals surface area contributed by atoms with Gasteiger partial charge in [-0.05, 0) is 42.7 Å². The van der Waals surface area contributed by atoms with Gasteiger partial charge in [0.05, 0.1) is 29.1 Å². The lowest BCUT2D eigenvalue weighted by Crippen LogP contribution is -2.45. The number of aryl methyl sites for hydroxylation is 1. The summed E-state index contributed by atoms with van der Waals surface area (Å²) in [6.45, 7) is 3.07. The van der Waals surface area contributed by atoms with Gasteiger partial charge in [0.1, 0.15) is 11.9 Å². The molecule has 4 amide bonds. The van der Waals surface area contributed by atoms with Crippen molar-refractivity contribution in [3.63, 3.8) is 0 Å². The highest BCUT2D eigenvalue weighted by atomic mass is 16.2. The summed E-state index contributed by atoms with van der Waals surface area (Å²) >= 11 is 0. The molecule has 1 fully saturated rings. The van der Waals surface area contributed by atoms with E-state index >= 15 is 0 Å². The van der Waals surface area contributed by atoms with Crippen molar-refractivity contribution in [3.05, 3.63) is 76.0 Å². The molecule has 0 saturated carbocycles. The summed E-state index contributed by atoms with van der Waals surface area (Å²) in [5, 5.41) is 5.26. The average molecular weight is 500 g/mol. The molecule has 2 N–H and O–H groups in total. The molecule has 2 aliphatic rings. The van der Waals surface area contributed by atoms with Gasteiger partial charge in [-0.2, -0.15) is 0 Å². The molecule has 10 nitrogen and oxygen atoms in total. The van der Waals surface area contributed by atoms with Crippen molar-refractivity contribution >= 4 is 46.3 Å². The van der Waals surface area contributed by atoms with Gasteiger partial charge in [-0.25, -0.2) is 4.98 Å². The van der Waals surface area contributed by atoms with Crippen molar-refractivity contribution in [2.75, 3.05) is 5.32 Å². The minimum absolute atomic E-state index is 0.0298. The highest BCUT2D eigenvalue weighted by molar-refractivity contribution is 6.02. The monoisotopic (exact) mass is 499 g/mol. The van der Waals surface area contributed by atoms with Gasteiger partial charge in [0.25, 0.3) is 5.56 Å². The zero-order valence-electron chi connectivity index (χ0n) is 20.4.